The molecule has 2 aliphatic rings. The highest BCUT2D eigenvalue weighted by molar-refractivity contribution is 6.17. The fraction of sp³-hybridized carbons (Fsp3) is 0.467. The minimum Gasteiger partial charge on any atom is -0.465 e. The minimum absolute atomic E-state index is 0.117. The number of carbonyl (C=O) groups excluding carboxylic acids is 1. The van der Waals surface area contributed by atoms with Crippen LogP contribution >= 0.6 is 0 Å². The van der Waals surface area contributed by atoms with Crippen LogP contribution in [0, 0.1) is 0 Å². The van der Waals surface area contributed by atoms with Crippen LogP contribution in [-0.4, -0.2) is 18.3 Å². The maximum absolute atomic E-state index is 12.5. The molecular formula is C15H17NO2. The Morgan fingerprint density at radius 1 is 1.39 bits per heavy atom. The van der Waals surface area contributed by atoms with Crippen LogP contribution in [0.25, 0.3) is 0 Å². The molecule has 1 aliphatic carbocycles. The molecule has 0 saturated heterocycles. The molecule has 0 spiro atoms. The van der Waals surface area contributed by atoms with Crippen molar-refractivity contribution in [3.63, 3.8) is 0 Å². The van der Waals surface area contributed by atoms with Gasteiger partial charge in [-0.15, -0.1) is 0 Å². The number of nitrogens with zero attached hydrogens (tertiary/aromatic N) is 1. The summed E-state index contributed by atoms with van der Waals surface area (Å²) in [5.41, 5.74) is 2.42. The minimum atomic E-state index is -0.579. The largest absolute Gasteiger partial charge is 0.465 e. The second-order valence-corrected chi connectivity index (χ2v) is 4.91. The number of rotatable bonds is 2. The summed E-state index contributed by atoms with van der Waals surface area (Å²) in [7, 11) is 0. The molecule has 1 aromatic rings. The first-order valence-corrected chi connectivity index (χ1v) is 6.64. The van der Waals surface area contributed by atoms with Gasteiger partial charge in [-0.05, 0) is 32.3 Å². The topological polar surface area (TPSA) is 38.7 Å². The summed E-state index contributed by atoms with van der Waals surface area (Å²) in [6.45, 7) is 2.28. The van der Waals surface area contributed by atoms with Gasteiger partial charge in [-0.1, -0.05) is 24.6 Å². The first-order valence-electron chi connectivity index (χ1n) is 6.64. The van der Waals surface area contributed by atoms with E-state index in [0.717, 1.165) is 42.6 Å². The molecule has 1 unspecified atom stereocenters. The number of ether oxygens (including phenoxy) is 1. The molecule has 1 fully saturated rings. The summed E-state index contributed by atoms with van der Waals surface area (Å²) < 4.78 is 5.32. The van der Waals surface area contributed by atoms with Gasteiger partial charge in [-0.25, -0.2) is 0 Å². The summed E-state index contributed by atoms with van der Waals surface area (Å²) in [5, 5.41) is 0. The van der Waals surface area contributed by atoms with Gasteiger partial charge in [0, 0.05) is 11.3 Å². The van der Waals surface area contributed by atoms with Gasteiger partial charge in [0.15, 0.2) is 0 Å². The SMILES string of the molecule is CCOC(=O)C12CCCCC1=Nc1ccccc12. The van der Waals surface area contributed by atoms with E-state index in [4.69, 9.17) is 4.74 Å². The lowest BCUT2D eigenvalue weighted by Crippen LogP contribution is -2.45. The molecule has 3 nitrogen and oxygen atoms in total. The number of carbonyl (C=O) groups is 1. The van der Waals surface area contributed by atoms with Gasteiger partial charge in [0.2, 0.25) is 0 Å². The average Bonchev–Trinajstić information content (AvgIpc) is 2.74. The Morgan fingerprint density at radius 3 is 3.06 bits per heavy atom. The van der Waals surface area contributed by atoms with Crippen LogP contribution in [0.5, 0.6) is 0 Å². The summed E-state index contributed by atoms with van der Waals surface area (Å²) >= 11 is 0. The van der Waals surface area contributed by atoms with Crippen molar-refractivity contribution >= 4 is 17.4 Å². The number of aliphatic imine (C=N–C) groups is 1. The van der Waals surface area contributed by atoms with Gasteiger partial charge in [-0.2, -0.15) is 0 Å². The van der Waals surface area contributed by atoms with E-state index in [9.17, 15) is 4.79 Å². The van der Waals surface area contributed by atoms with Crippen molar-refractivity contribution in [1.29, 1.82) is 0 Å². The van der Waals surface area contributed by atoms with Crippen LogP contribution in [0.1, 0.15) is 38.2 Å². The first-order chi connectivity index (χ1) is 8.79. The van der Waals surface area contributed by atoms with Gasteiger partial charge in [-0.3, -0.25) is 9.79 Å². The second-order valence-electron chi connectivity index (χ2n) is 4.91. The lowest BCUT2D eigenvalue weighted by molar-refractivity contribution is -0.147. The standard InChI is InChI=1S/C15H17NO2/c1-2-18-14(17)15-10-6-5-9-13(15)16-12-8-4-3-7-11(12)15/h3-4,7-8H,2,5-6,9-10H2,1H3. The molecule has 1 atom stereocenters. The van der Waals surface area contributed by atoms with Gasteiger partial charge < -0.3 is 4.74 Å². The molecule has 0 aromatic heterocycles. The molecule has 1 aliphatic heterocycles. The fourth-order valence-electron chi connectivity index (χ4n) is 3.14. The van der Waals surface area contributed by atoms with Gasteiger partial charge in [0.25, 0.3) is 0 Å². The molecular weight excluding hydrogens is 226 g/mol. The van der Waals surface area contributed by atoms with Crippen LogP contribution in [-0.2, 0) is 14.9 Å². The predicted molar refractivity (Wildman–Crippen MR) is 70.3 cm³/mol. The van der Waals surface area contributed by atoms with Crippen molar-refractivity contribution in [2.24, 2.45) is 4.99 Å². The molecule has 0 radical (unpaired) electrons. The van der Waals surface area contributed by atoms with Gasteiger partial charge in [0.05, 0.1) is 12.3 Å². The van der Waals surface area contributed by atoms with Crippen molar-refractivity contribution in [2.75, 3.05) is 6.61 Å². The molecule has 0 N–H and O–H groups in total. The van der Waals surface area contributed by atoms with Crippen molar-refractivity contribution in [1.82, 2.24) is 0 Å². The lowest BCUT2D eigenvalue weighted by atomic mass is 9.69. The zero-order valence-corrected chi connectivity index (χ0v) is 10.6. The number of benzene rings is 1. The second kappa shape index (κ2) is 4.23. The number of esters is 1. The Labute approximate surface area is 107 Å². The Hall–Kier alpha value is -1.64. The lowest BCUT2D eigenvalue weighted by Gasteiger charge is -2.33. The van der Waals surface area contributed by atoms with E-state index in [1.54, 1.807) is 0 Å². The average molecular weight is 243 g/mol. The van der Waals surface area contributed by atoms with E-state index in [2.05, 4.69) is 4.99 Å². The van der Waals surface area contributed by atoms with Crippen molar-refractivity contribution in [3.05, 3.63) is 29.8 Å². The van der Waals surface area contributed by atoms with E-state index >= 15 is 0 Å². The molecule has 3 heteroatoms. The highest BCUT2D eigenvalue weighted by Gasteiger charge is 2.51. The fourth-order valence-corrected chi connectivity index (χ4v) is 3.14. The quantitative estimate of drug-likeness (QED) is 0.748. The summed E-state index contributed by atoms with van der Waals surface area (Å²) in [6, 6.07) is 7.96. The molecule has 3 rings (SSSR count). The summed E-state index contributed by atoms with van der Waals surface area (Å²) in [5.74, 6) is -0.117. The van der Waals surface area contributed by atoms with Crippen LogP contribution in [0.4, 0.5) is 5.69 Å². The predicted octanol–water partition coefficient (Wildman–Crippen LogP) is 3.15. The van der Waals surface area contributed by atoms with E-state index in [-0.39, 0.29) is 5.97 Å². The number of hydrogen-bond donors (Lipinski definition) is 0. The maximum Gasteiger partial charge on any atom is 0.322 e. The van der Waals surface area contributed by atoms with Crippen LogP contribution in [0.2, 0.25) is 0 Å². The van der Waals surface area contributed by atoms with E-state index in [1.807, 2.05) is 31.2 Å². The molecule has 0 bridgehead atoms. The molecule has 1 heterocycles. The zero-order valence-electron chi connectivity index (χ0n) is 10.6. The Morgan fingerprint density at radius 2 is 2.22 bits per heavy atom. The van der Waals surface area contributed by atoms with Crippen molar-refractivity contribution < 1.29 is 9.53 Å². The number of para-hydroxylation sites is 1. The number of hydrogen-bond acceptors (Lipinski definition) is 3. The molecule has 0 amide bonds. The zero-order chi connectivity index (χ0) is 12.6. The third-order valence-corrected chi connectivity index (χ3v) is 3.95. The maximum atomic E-state index is 12.5. The smallest absolute Gasteiger partial charge is 0.322 e. The summed E-state index contributed by atoms with van der Waals surface area (Å²) in [4.78, 5) is 17.1. The first kappa shape index (κ1) is 11.5. The van der Waals surface area contributed by atoms with Gasteiger partial charge >= 0.3 is 5.97 Å². The van der Waals surface area contributed by atoms with E-state index < -0.39 is 5.41 Å². The normalized spacial score (nSPS) is 25.1. The van der Waals surface area contributed by atoms with Crippen molar-refractivity contribution in [3.8, 4) is 0 Å². The highest BCUT2D eigenvalue weighted by atomic mass is 16.5. The molecule has 94 valence electrons. The Bertz CT molecular complexity index is 521. The highest BCUT2D eigenvalue weighted by Crippen LogP contribution is 2.47. The van der Waals surface area contributed by atoms with E-state index in [0.29, 0.717) is 6.61 Å². The number of fused-ring (bicyclic) bond motifs is 3. The third-order valence-electron chi connectivity index (χ3n) is 3.95. The van der Waals surface area contributed by atoms with Gasteiger partial charge in [0.1, 0.15) is 5.41 Å². The summed E-state index contributed by atoms with van der Waals surface area (Å²) in [6.07, 6.45) is 3.93. The molecule has 18 heavy (non-hydrogen) atoms. The molecule has 1 aromatic carbocycles. The third kappa shape index (κ3) is 1.43. The van der Waals surface area contributed by atoms with Crippen molar-refractivity contribution in [2.45, 2.75) is 38.0 Å². The Balaban J connectivity index is 2.13. The van der Waals surface area contributed by atoms with Crippen LogP contribution in [0.3, 0.4) is 0 Å². The van der Waals surface area contributed by atoms with Crippen LogP contribution in [0.15, 0.2) is 29.3 Å². The monoisotopic (exact) mass is 243 g/mol. The van der Waals surface area contributed by atoms with E-state index in [1.165, 1.54) is 0 Å². The Kier molecular flexibility index (Phi) is 2.69. The molecule has 1 saturated carbocycles. The van der Waals surface area contributed by atoms with Crippen LogP contribution < -0.4 is 0 Å².